The summed E-state index contributed by atoms with van der Waals surface area (Å²) in [5.41, 5.74) is 2.13. The van der Waals surface area contributed by atoms with Gasteiger partial charge in [-0.1, -0.05) is 41.7 Å². The Bertz CT molecular complexity index is 1240. The van der Waals surface area contributed by atoms with Gasteiger partial charge in [0.1, 0.15) is 0 Å². The minimum atomic E-state index is -0.806. The van der Waals surface area contributed by atoms with Gasteiger partial charge in [-0.05, 0) is 24.6 Å². The van der Waals surface area contributed by atoms with Gasteiger partial charge in [0.05, 0.1) is 16.8 Å². The van der Waals surface area contributed by atoms with Crippen LogP contribution in [0.5, 0.6) is 5.95 Å². The van der Waals surface area contributed by atoms with E-state index < -0.39 is 11.7 Å². The van der Waals surface area contributed by atoms with Gasteiger partial charge in [0, 0.05) is 23.5 Å². The van der Waals surface area contributed by atoms with E-state index in [9.17, 15) is 9.90 Å². The number of hydrogen-bond acceptors (Lipinski definition) is 11. The van der Waals surface area contributed by atoms with E-state index in [1.807, 2.05) is 26.0 Å². The average Bonchev–Trinajstić information content (AvgIpc) is 3.33. The quantitative estimate of drug-likeness (QED) is 0.129. The summed E-state index contributed by atoms with van der Waals surface area (Å²) in [6.07, 6.45) is 0. The van der Waals surface area contributed by atoms with Crippen molar-refractivity contribution in [3.05, 3.63) is 59.3 Å². The molecule has 0 unspecified atom stereocenters. The summed E-state index contributed by atoms with van der Waals surface area (Å²) < 4.78 is 7.19. The fourth-order valence-electron chi connectivity index (χ4n) is 2.82. The second-order valence-electron chi connectivity index (χ2n) is 6.66. The molecule has 0 saturated carbocycles. The van der Waals surface area contributed by atoms with Crippen molar-refractivity contribution in [3.8, 4) is 11.6 Å². The molecule has 0 aliphatic heterocycles. The second kappa shape index (κ2) is 9.36. The molecule has 164 valence electrons. The van der Waals surface area contributed by atoms with Crippen LogP contribution in [0.25, 0.3) is 5.69 Å². The fourth-order valence-corrected chi connectivity index (χ4v) is 4.43. The van der Waals surface area contributed by atoms with Gasteiger partial charge in [-0.3, -0.25) is 4.79 Å². The largest absolute Gasteiger partial charge is 0.539 e. The Kier molecular flexibility index (Phi) is 6.37. The molecule has 3 aromatic heterocycles. The molecule has 0 bridgehead atoms. The molecule has 4 aromatic rings. The third-order valence-electron chi connectivity index (χ3n) is 4.24. The molecule has 32 heavy (non-hydrogen) atoms. The summed E-state index contributed by atoms with van der Waals surface area (Å²) in [6, 6.07) is 10.7. The van der Waals surface area contributed by atoms with Crippen LogP contribution >= 0.6 is 23.5 Å². The number of nitrogen functional groups attached to an aromatic ring is 1. The third-order valence-corrected chi connectivity index (χ3v) is 6.02. The van der Waals surface area contributed by atoms with Crippen molar-refractivity contribution in [2.75, 3.05) is 11.6 Å². The third kappa shape index (κ3) is 4.73. The van der Waals surface area contributed by atoms with E-state index in [0.717, 1.165) is 23.1 Å². The Morgan fingerprint density at radius 1 is 1.16 bits per heavy atom. The zero-order valence-corrected chi connectivity index (χ0v) is 18.8. The number of aryl methyl sites for hydroxylation is 2. The molecular weight excluding hydrogens is 452 g/mol. The van der Waals surface area contributed by atoms with Crippen molar-refractivity contribution in [2.24, 2.45) is 0 Å². The van der Waals surface area contributed by atoms with Crippen molar-refractivity contribution in [1.82, 2.24) is 30.1 Å². The molecule has 13 heteroatoms. The Balaban J connectivity index is 1.42. The number of ketones is 1. The summed E-state index contributed by atoms with van der Waals surface area (Å²) in [5.74, 6) is 5.64. The van der Waals surface area contributed by atoms with Gasteiger partial charge in [-0.25, -0.2) is 14.6 Å². The number of hydrogen-bond donors (Lipinski definition) is 1. The van der Waals surface area contributed by atoms with Crippen LogP contribution in [0.2, 0.25) is 0 Å². The predicted octanol–water partition coefficient (Wildman–Crippen LogP) is 1.00. The van der Waals surface area contributed by atoms with Crippen LogP contribution in [0.1, 0.15) is 27.7 Å². The number of para-hydroxylation sites is 1. The highest BCUT2D eigenvalue weighted by atomic mass is 32.2. The van der Waals surface area contributed by atoms with E-state index in [0.29, 0.717) is 27.6 Å². The van der Waals surface area contributed by atoms with E-state index in [-0.39, 0.29) is 11.4 Å². The minimum absolute atomic E-state index is 0.0913. The summed E-state index contributed by atoms with van der Waals surface area (Å²) in [4.78, 5) is 21.5. The zero-order valence-electron chi connectivity index (χ0n) is 17.1. The van der Waals surface area contributed by atoms with Gasteiger partial charge in [-0.2, -0.15) is 0 Å². The van der Waals surface area contributed by atoms with Crippen molar-refractivity contribution < 1.29 is 19.1 Å². The van der Waals surface area contributed by atoms with Gasteiger partial charge in [0.25, 0.3) is 0 Å². The zero-order chi connectivity index (χ0) is 22.7. The normalized spacial score (nSPS) is 11.1. The number of rotatable bonds is 8. The molecule has 0 amide bonds. The maximum absolute atomic E-state index is 12.7. The Hall–Kier alpha value is -3.45. The highest BCUT2D eigenvalue weighted by molar-refractivity contribution is 7.99. The molecule has 2 N–H and O–H groups in total. The average molecular weight is 471 g/mol. The van der Waals surface area contributed by atoms with E-state index in [2.05, 4.69) is 25.4 Å². The predicted molar refractivity (Wildman–Crippen MR) is 114 cm³/mol. The number of aromatic nitrogens is 7. The second-order valence-corrected chi connectivity index (χ2v) is 8.54. The van der Waals surface area contributed by atoms with E-state index in [1.54, 1.807) is 24.3 Å². The number of carbonyl (C=O) groups excluding carboxylic acids is 1. The molecule has 4 rings (SSSR count). The molecule has 0 aliphatic rings. The number of nitrogens with zero attached hydrogens (tertiary/aromatic N) is 7. The summed E-state index contributed by atoms with van der Waals surface area (Å²) >= 11 is 2.45. The van der Waals surface area contributed by atoms with Crippen LogP contribution in [0.15, 0.2) is 51.2 Å². The Labute approximate surface area is 191 Å². The fraction of sp³-hybridized carbons (Fsp3) is 0.211. The first-order valence-corrected chi connectivity index (χ1v) is 11.3. The first kappa shape index (κ1) is 21.8. The standard InChI is InChI=1S/C19H18N8O3S2/c1-11-8-12(2)22-18(21-11)31-10-15-23-24-19(26(15)20)32-9-14(28)16-17(29)30-25-27(16)13-6-4-3-5-7-13/h3-8H,9-10,20H2,1-2H3. The number of thioether (sulfide) groups is 2. The first-order chi connectivity index (χ1) is 15.4. The molecule has 0 spiro atoms. The number of carbonyl (C=O) groups is 1. The molecule has 0 saturated heterocycles. The SMILES string of the molecule is Cc1cc(C)nc(SCc2nnc(SCC(=O)c3c([O-])on[n+]3-c3ccccc3)n2N)n1. The molecule has 0 fully saturated rings. The summed E-state index contributed by atoms with van der Waals surface area (Å²) in [5, 5.41) is 24.8. The van der Waals surface area contributed by atoms with Crippen LogP contribution in [0, 0.1) is 13.8 Å². The molecule has 11 nitrogen and oxygen atoms in total. The molecule has 3 heterocycles. The smallest absolute Gasteiger partial charge is 0.307 e. The Morgan fingerprint density at radius 3 is 2.59 bits per heavy atom. The molecule has 0 radical (unpaired) electrons. The van der Waals surface area contributed by atoms with Crippen LogP contribution in [0.4, 0.5) is 0 Å². The van der Waals surface area contributed by atoms with E-state index >= 15 is 0 Å². The van der Waals surface area contributed by atoms with Gasteiger partial charge in [0.15, 0.2) is 16.9 Å². The van der Waals surface area contributed by atoms with Crippen molar-refractivity contribution in [1.29, 1.82) is 0 Å². The maximum atomic E-state index is 12.7. The number of Topliss-reactive ketones (excluding diaryl/α,β-unsaturated/α-hetero) is 1. The van der Waals surface area contributed by atoms with Crippen molar-refractivity contribution >= 4 is 29.3 Å². The molecule has 0 atom stereocenters. The highest BCUT2D eigenvalue weighted by Gasteiger charge is 2.28. The van der Waals surface area contributed by atoms with Gasteiger partial charge in [-0.15, -0.1) is 10.2 Å². The van der Waals surface area contributed by atoms with Crippen molar-refractivity contribution in [2.45, 2.75) is 29.9 Å². The lowest BCUT2D eigenvalue weighted by molar-refractivity contribution is -0.672. The van der Waals surface area contributed by atoms with Gasteiger partial charge in [0.2, 0.25) is 16.6 Å². The summed E-state index contributed by atoms with van der Waals surface area (Å²) in [6.45, 7) is 3.81. The van der Waals surface area contributed by atoms with Crippen LogP contribution < -0.4 is 15.6 Å². The Morgan fingerprint density at radius 2 is 1.88 bits per heavy atom. The van der Waals surface area contributed by atoms with E-state index in [1.165, 1.54) is 21.1 Å². The van der Waals surface area contributed by atoms with Crippen molar-refractivity contribution in [3.63, 3.8) is 0 Å². The first-order valence-electron chi connectivity index (χ1n) is 9.37. The minimum Gasteiger partial charge on any atom is -0.539 e. The lowest BCUT2D eigenvalue weighted by atomic mass is 10.3. The van der Waals surface area contributed by atoms with Gasteiger partial charge < -0.3 is 15.5 Å². The monoisotopic (exact) mass is 470 g/mol. The lowest BCUT2D eigenvalue weighted by Gasteiger charge is -2.04. The van der Waals surface area contributed by atoms with Crippen LogP contribution in [-0.4, -0.2) is 41.6 Å². The number of benzene rings is 1. The lowest BCUT2D eigenvalue weighted by Crippen LogP contribution is -2.39. The molecule has 0 aliphatic carbocycles. The van der Waals surface area contributed by atoms with Gasteiger partial charge >= 0.3 is 5.69 Å². The van der Waals surface area contributed by atoms with Crippen LogP contribution in [0.3, 0.4) is 0 Å². The van der Waals surface area contributed by atoms with Crippen LogP contribution in [-0.2, 0) is 5.75 Å². The highest BCUT2D eigenvalue weighted by Crippen LogP contribution is 2.22. The molecular formula is C19H18N8O3S2. The summed E-state index contributed by atoms with van der Waals surface area (Å²) in [7, 11) is 0. The topological polar surface area (TPSA) is 153 Å². The van der Waals surface area contributed by atoms with E-state index in [4.69, 9.17) is 10.4 Å². The molecule has 1 aromatic carbocycles. The number of nitrogens with two attached hydrogens (primary N) is 1. The maximum Gasteiger partial charge on any atom is 0.307 e.